The van der Waals surface area contributed by atoms with Crippen LogP contribution in [0.15, 0.2) is 30.3 Å². The third-order valence-electron chi connectivity index (χ3n) is 6.30. The zero-order chi connectivity index (χ0) is 17.5. The molecule has 3 fully saturated rings. The predicted octanol–water partition coefficient (Wildman–Crippen LogP) is 3.26. The minimum atomic E-state index is -1.23. The molecular formula is C20H27NO4. The van der Waals surface area contributed by atoms with E-state index < -0.39 is 5.79 Å². The van der Waals surface area contributed by atoms with Crippen LogP contribution in [0, 0.1) is 5.41 Å². The van der Waals surface area contributed by atoms with Crippen LogP contribution in [-0.4, -0.2) is 43.1 Å². The number of carbonyl (C=O) groups is 1. The SMILES string of the molecule is C[C@H]1[C@@H](c2ccccc2)O[C@]2(OCOCC23CCCCC3)C(=O)N1C. The summed E-state index contributed by atoms with van der Waals surface area (Å²) in [6.07, 6.45) is 4.97. The third kappa shape index (κ3) is 2.52. The second-order valence-electron chi connectivity index (χ2n) is 7.67. The molecule has 1 aliphatic carbocycles. The van der Waals surface area contributed by atoms with Crippen molar-refractivity contribution in [3.05, 3.63) is 35.9 Å². The quantitative estimate of drug-likeness (QED) is 0.784. The Morgan fingerprint density at radius 2 is 1.84 bits per heavy atom. The molecule has 0 bridgehead atoms. The third-order valence-corrected chi connectivity index (χ3v) is 6.30. The van der Waals surface area contributed by atoms with Gasteiger partial charge in [-0.3, -0.25) is 4.79 Å². The number of rotatable bonds is 1. The summed E-state index contributed by atoms with van der Waals surface area (Å²) in [7, 11) is 1.86. The van der Waals surface area contributed by atoms with Crippen molar-refractivity contribution in [2.45, 2.75) is 57.0 Å². The maximum Gasteiger partial charge on any atom is 0.283 e. The summed E-state index contributed by atoms with van der Waals surface area (Å²) in [4.78, 5) is 15.2. The molecule has 2 heterocycles. The largest absolute Gasteiger partial charge is 0.354 e. The standard InChI is InChI=1S/C20H27NO4/c1-15-17(16-9-5-3-6-10-16)25-20(18(22)21(15)2)19(13-23-14-24-20)11-7-4-8-12-19/h3,5-6,9-10,15,17H,4,7-8,11-14H2,1-2H3/t15-,17-,20+/m0/s1. The molecule has 5 heteroatoms. The van der Waals surface area contributed by atoms with E-state index in [2.05, 4.69) is 12.1 Å². The summed E-state index contributed by atoms with van der Waals surface area (Å²) in [6.45, 7) is 2.68. The Bertz CT molecular complexity index is 620. The van der Waals surface area contributed by atoms with E-state index in [0.29, 0.717) is 6.61 Å². The first-order chi connectivity index (χ1) is 12.1. The second-order valence-corrected chi connectivity index (χ2v) is 7.67. The lowest BCUT2D eigenvalue weighted by molar-refractivity contribution is -0.384. The summed E-state index contributed by atoms with van der Waals surface area (Å²) in [6, 6.07) is 10.1. The summed E-state index contributed by atoms with van der Waals surface area (Å²) in [5.74, 6) is -1.29. The van der Waals surface area contributed by atoms with Gasteiger partial charge < -0.3 is 19.1 Å². The summed E-state index contributed by atoms with van der Waals surface area (Å²) in [5, 5.41) is 0. The highest BCUT2D eigenvalue weighted by Gasteiger charge is 2.65. The molecule has 1 aromatic rings. The molecule has 1 aromatic carbocycles. The fraction of sp³-hybridized carbons (Fsp3) is 0.650. The molecule has 2 spiro atoms. The van der Waals surface area contributed by atoms with Crippen LogP contribution in [0.1, 0.15) is 50.7 Å². The average molecular weight is 345 g/mol. The predicted molar refractivity (Wildman–Crippen MR) is 92.7 cm³/mol. The van der Waals surface area contributed by atoms with Gasteiger partial charge in [-0.25, -0.2) is 0 Å². The maximum atomic E-state index is 13.4. The molecule has 136 valence electrons. The number of fused-ring (bicyclic) bond motifs is 1. The van der Waals surface area contributed by atoms with Crippen molar-refractivity contribution in [1.82, 2.24) is 4.90 Å². The van der Waals surface area contributed by atoms with E-state index in [-0.39, 0.29) is 30.3 Å². The Morgan fingerprint density at radius 3 is 2.56 bits per heavy atom. The Hall–Kier alpha value is -1.43. The van der Waals surface area contributed by atoms with Crippen LogP contribution in [0.5, 0.6) is 0 Å². The van der Waals surface area contributed by atoms with Gasteiger partial charge in [-0.2, -0.15) is 0 Å². The first kappa shape index (κ1) is 17.0. The van der Waals surface area contributed by atoms with E-state index in [1.165, 1.54) is 6.42 Å². The van der Waals surface area contributed by atoms with E-state index in [1.807, 2.05) is 37.1 Å². The first-order valence-corrected chi connectivity index (χ1v) is 9.31. The molecule has 3 aliphatic rings. The normalized spacial score (nSPS) is 35.3. The molecule has 0 N–H and O–H groups in total. The topological polar surface area (TPSA) is 48.0 Å². The number of benzene rings is 1. The van der Waals surface area contributed by atoms with Crippen LogP contribution >= 0.6 is 0 Å². The lowest BCUT2D eigenvalue weighted by atomic mass is 9.67. The highest BCUT2D eigenvalue weighted by atomic mass is 16.8. The molecule has 25 heavy (non-hydrogen) atoms. The fourth-order valence-corrected chi connectivity index (χ4v) is 4.70. The Labute approximate surface area is 149 Å². The number of nitrogens with zero attached hydrogens (tertiary/aromatic N) is 1. The van der Waals surface area contributed by atoms with E-state index in [0.717, 1.165) is 31.2 Å². The number of carbonyl (C=O) groups excluding carboxylic acids is 1. The molecule has 2 aliphatic heterocycles. The minimum absolute atomic E-state index is 0.0485. The molecular weight excluding hydrogens is 318 g/mol. The van der Waals surface area contributed by atoms with Gasteiger partial charge in [0, 0.05) is 7.05 Å². The Balaban J connectivity index is 1.77. The number of hydrogen-bond acceptors (Lipinski definition) is 4. The van der Waals surface area contributed by atoms with Gasteiger partial charge in [0.2, 0.25) is 0 Å². The van der Waals surface area contributed by atoms with E-state index in [4.69, 9.17) is 14.2 Å². The van der Waals surface area contributed by atoms with Gasteiger partial charge >= 0.3 is 0 Å². The lowest BCUT2D eigenvalue weighted by Gasteiger charge is -2.57. The van der Waals surface area contributed by atoms with Crippen molar-refractivity contribution in [3.8, 4) is 0 Å². The zero-order valence-corrected chi connectivity index (χ0v) is 15.1. The van der Waals surface area contributed by atoms with Crippen LogP contribution in [-0.2, 0) is 19.0 Å². The fourth-order valence-electron chi connectivity index (χ4n) is 4.70. The van der Waals surface area contributed by atoms with Gasteiger partial charge in [0.05, 0.1) is 18.1 Å². The monoisotopic (exact) mass is 345 g/mol. The molecule has 0 aromatic heterocycles. The van der Waals surface area contributed by atoms with Crippen LogP contribution in [0.2, 0.25) is 0 Å². The Morgan fingerprint density at radius 1 is 1.12 bits per heavy atom. The van der Waals surface area contributed by atoms with Crippen LogP contribution in [0.3, 0.4) is 0 Å². The smallest absolute Gasteiger partial charge is 0.283 e. The van der Waals surface area contributed by atoms with Crippen LogP contribution in [0.25, 0.3) is 0 Å². The number of amides is 1. The molecule has 3 atom stereocenters. The molecule has 2 saturated heterocycles. The molecule has 5 nitrogen and oxygen atoms in total. The van der Waals surface area contributed by atoms with E-state index in [9.17, 15) is 4.79 Å². The van der Waals surface area contributed by atoms with Crippen molar-refractivity contribution in [2.75, 3.05) is 20.4 Å². The van der Waals surface area contributed by atoms with E-state index in [1.54, 1.807) is 0 Å². The average Bonchev–Trinajstić information content (AvgIpc) is 2.66. The second kappa shape index (κ2) is 6.38. The lowest BCUT2D eigenvalue weighted by Crippen LogP contribution is -2.71. The first-order valence-electron chi connectivity index (χ1n) is 9.31. The van der Waals surface area contributed by atoms with E-state index >= 15 is 0 Å². The summed E-state index contributed by atoms with van der Waals surface area (Å²) < 4.78 is 18.3. The van der Waals surface area contributed by atoms with Gasteiger partial charge in [0.1, 0.15) is 6.10 Å². The number of morpholine rings is 1. The highest BCUT2D eigenvalue weighted by molar-refractivity contribution is 5.86. The molecule has 1 amide bonds. The Kier molecular flexibility index (Phi) is 4.34. The summed E-state index contributed by atoms with van der Waals surface area (Å²) >= 11 is 0. The number of likely N-dealkylation sites (N-methyl/N-ethyl adjacent to an activating group) is 1. The maximum absolute atomic E-state index is 13.4. The number of ether oxygens (including phenoxy) is 3. The van der Waals surface area contributed by atoms with Crippen LogP contribution in [0.4, 0.5) is 0 Å². The minimum Gasteiger partial charge on any atom is -0.354 e. The van der Waals surface area contributed by atoms with Gasteiger partial charge in [-0.05, 0) is 25.3 Å². The van der Waals surface area contributed by atoms with Crippen LogP contribution < -0.4 is 0 Å². The van der Waals surface area contributed by atoms with Crippen molar-refractivity contribution in [1.29, 1.82) is 0 Å². The van der Waals surface area contributed by atoms with Crippen molar-refractivity contribution < 1.29 is 19.0 Å². The molecule has 0 radical (unpaired) electrons. The van der Waals surface area contributed by atoms with Gasteiger partial charge in [-0.1, -0.05) is 49.6 Å². The molecule has 4 rings (SSSR count). The van der Waals surface area contributed by atoms with Crippen molar-refractivity contribution >= 4 is 5.91 Å². The highest BCUT2D eigenvalue weighted by Crippen LogP contribution is 2.54. The molecule has 1 saturated carbocycles. The zero-order valence-electron chi connectivity index (χ0n) is 15.1. The van der Waals surface area contributed by atoms with Gasteiger partial charge in [0.25, 0.3) is 11.7 Å². The summed E-state index contributed by atoms with van der Waals surface area (Å²) in [5.41, 5.74) is 0.692. The number of hydrogen-bond donors (Lipinski definition) is 0. The van der Waals surface area contributed by atoms with Gasteiger partial charge in [0.15, 0.2) is 6.79 Å². The van der Waals surface area contributed by atoms with Gasteiger partial charge in [-0.15, -0.1) is 0 Å². The van der Waals surface area contributed by atoms with Crippen molar-refractivity contribution in [2.24, 2.45) is 5.41 Å². The van der Waals surface area contributed by atoms with Crippen molar-refractivity contribution in [3.63, 3.8) is 0 Å². The molecule has 0 unspecified atom stereocenters.